The van der Waals surface area contributed by atoms with Crippen LogP contribution in [-0.2, 0) is 11.2 Å². The Labute approximate surface area is 132 Å². The molecule has 2 fully saturated rings. The molecule has 0 N–H and O–H groups in total. The Morgan fingerprint density at radius 1 is 0.952 bits per heavy atom. The second-order valence-corrected chi connectivity index (χ2v) is 7.05. The van der Waals surface area contributed by atoms with Gasteiger partial charge in [0.1, 0.15) is 0 Å². The Morgan fingerprint density at radius 2 is 1.67 bits per heavy atom. The zero-order valence-corrected chi connectivity index (χ0v) is 13.6. The molecule has 0 aliphatic carbocycles. The molecule has 0 saturated carbocycles. The number of hydrogen-bond donors (Lipinski definition) is 0. The van der Waals surface area contributed by atoms with Gasteiger partial charge in [-0.25, -0.2) is 0 Å². The van der Waals surface area contributed by atoms with Crippen molar-refractivity contribution in [3.05, 3.63) is 29.8 Å². The average Bonchev–Trinajstić information content (AvgIpc) is 2.57. The molecule has 2 aliphatic heterocycles. The summed E-state index contributed by atoms with van der Waals surface area (Å²) in [6, 6.07) is 9.24. The third kappa shape index (κ3) is 4.63. The molecule has 0 bridgehead atoms. The number of ether oxygens (including phenoxy) is 1. The first-order valence-electron chi connectivity index (χ1n) is 8.13. The summed E-state index contributed by atoms with van der Waals surface area (Å²) < 4.78 is 5.39. The molecule has 0 spiro atoms. The van der Waals surface area contributed by atoms with Crippen LogP contribution in [0.5, 0.6) is 0 Å². The van der Waals surface area contributed by atoms with Crippen molar-refractivity contribution >= 4 is 17.4 Å². The van der Waals surface area contributed by atoms with E-state index in [0.29, 0.717) is 0 Å². The lowest BCUT2D eigenvalue weighted by Crippen LogP contribution is -2.36. The van der Waals surface area contributed by atoms with Gasteiger partial charge in [0, 0.05) is 43.4 Å². The third-order valence-corrected chi connectivity index (χ3v) is 5.30. The van der Waals surface area contributed by atoms with E-state index < -0.39 is 0 Å². The van der Waals surface area contributed by atoms with Crippen LogP contribution in [0.1, 0.15) is 12.0 Å². The van der Waals surface area contributed by atoms with E-state index in [9.17, 15) is 0 Å². The minimum absolute atomic E-state index is 0.906. The molecule has 3 nitrogen and oxygen atoms in total. The van der Waals surface area contributed by atoms with E-state index in [-0.39, 0.29) is 0 Å². The van der Waals surface area contributed by atoms with Crippen molar-refractivity contribution in [3.63, 3.8) is 0 Å². The first kappa shape index (κ1) is 15.2. The van der Waals surface area contributed by atoms with Gasteiger partial charge in [-0.05, 0) is 37.1 Å². The maximum Gasteiger partial charge on any atom is 0.0594 e. The lowest BCUT2D eigenvalue weighted by atomic mass is 10.1. The van der Waals surface area contributed by atoms with Crippen molar-refractivity contribution in [3.8, 4) is 0 Å². The van der Waals surface area contributed by atoms with E-state index in [0.717, 1.165) is 26.3 Å². The molecule has 0 aromatic heterocycles. The quantitative estimate of drug-likeness (QED) is 0.830. The molecule has 116 valence electrons. The molecular weight excluding hydrogens is 280 g/mol. The minimum Gasteiger partial charge on any atom is -0.379 e. The number of aryl methyl sites for hydroxylation is 1. The van der Waals surface area contributed by atoms with Crippen LogP contribution >= 0.6 is 11.8 Å². The summed E-state index contributed by atoms with van der Waals surface area (Å²) in [5, 5.41) is 0. The molecule has 2 saturated heterocycles. The van der Waals surface area contributed by atoms with Crippen molar-refractivity contribution in [2.45, 2.75) is 12.8 Å². The smallest absolute Gasteiger partial charge is 0.0594 e. The van der Waals surface area contributed by atoms with Crippen LogP contribution in [0.4, 0.5) is 5.69 Å². The Balaban J connectivity index is 1.43. The number of benzene rings is 1. The molecule has 21 heavy (non-hydrogen) atoms. The fourth-order valence-corrected chi connectivity index (χ4v) is 3.93. The van der Waals surface area contributed by atoms with E-state index in [1.807, 2.05) is 0 Å². The summed E-state index contributed by atoms with van der Waals surface area (Å²) in [7, 11) is 0. The standard InChI is InChI=1S/C17H26N2OS/c1(7-18-8-12-20-13-9-18)2-16-3-5-17(6-4-16)19-10-14-21-15-11-19/h3-6H,1-2,7-15H2. The summed E-state index contributed by atoms with van der Waals surface area (Å²) >= 11 is 2.07. The fourth-order valence-electron chi connectivity index (χ4n) is 3.03. The van der Waals surface area contributed by atoms with Crippen LogP contribution in [0.3, 0.4) is 0 Å². The number of rotatable bonds is 5. The largest absolute Gasteiger partial charge is 0.379 e. The van der Waals surface area contributed by atoms with E-state index >= 15 is 0 Å². The van der Waals surface area contributed by atoms with Crippen molar-refractivity contribution in [2.24, 2.45) is 0 Å². The average molecular weight is 306 g/mol. The van der Waals surface area contributed by atoms with Crippen molar-refractivity contribution in [1.82, 2.24) is 4.90 Å². The Bertz CT molecular complexity index is 411. The van der Waals surface area contributed by atoms with Crippen LogP contribution in [0, 0.1) is 0 Å². The highest BCUT2D eigenvalue weighted by Crippen LogP contribution is 2.20. The predicted octanol–water partition coefficient (Wildman–Crippen LogP) is 2.50. The zero-order chi connectivity index (χ0) is 14.3. The first-order valence-corrected chi connectivity index (χ1v) is 9.29. The zero-order valence-electron chi connectivity index (χ0n) is 12.8. The summed E-state index contributed by atoms with van der Waals surface area (Å²) in [6.07, 6.45) is 2.44. The van der Waals surface area contributed by atoms with Crippen molar-refractivity contribution in [2.75, 3.05) is 62.3 Å². The minimum atomic E-state index is 0.906. The maximum atomic E-state index is 5.39. The molecule has 0 atom stereocenters. The summed E-state index contributed by atoms with van der Waals surface area (Å²) in [5.74, 6) is 2.53. The van der Waals surface area contributed by atoms with Crippen LogP contribution < -0.4 is 4.90 Å². The number of nitrogens with zero attached hydrogens (tertiary/aromatic N) is 2. The lowest BCUT2D eigenvalue weighted by Gasteiger charge is -2.28. The van der Waals surface area contributed by atoms with E-state index in [1.165, 1.54) is 55.2 Å². The van der Waals surface area contributed by atoms with Crippen molar-refractivity contribution < 1.29 is 4.74 Å². The van der Waals surface area contributed by atoms with Gasteiger partial charge in [0.2, 0.25) is 0 Å². The highest BCUT2D eigenvalue weighted by atomic mass is 32.2. The Hall–Kier alpha value is -0.710. The van der Waals surface area contributed by atoms with Gasteiger partial charge in [-0.15, -0.1) is 0 Å². The monoisotopic (exact) mass is 306 g/mol. The van der Waals surface area contributed by atoms with Gasteiger partial charge >= 0.3 is 0 Å². The van der Waals surface area contributed by atoms with E-state index in [2.05, 4.69) is 45.8 Å². The predicted molar refractivity (Wildman–Crippen MR) is 91.6 cm³/mol. The Kier molecular flexibility index (Phi) is 5.83. The molecule has 1 aromatic rings. The molecule has 0 amide bonds. The lowest BCUT2D eigenvalue weighted by molar-refractivity contribution is 0.0375. The summed E-state index contributed by atoms with van der Waals surface area (Å²) in [6.45, 7) is 7.61. The SMILES string of the molecule is c1cc(N2CCSCC2)ccc1CCCN1CCOCC1. The Morgan fingerprint density at radius 3 is 2.38 bits per heavy atom. The highest BCUT2D eigenvalue weighted by Gasteiger charge is 2.11. The second kappa shape index (κ2) is 8.06. The first-order chi connectivity index (χ1) is 10.4. The molecule has 4 heteroatoms. The number of hydrogen-bond acceptors (Lipinski definition) is 4. The van der Waals surface area contributed by atoms with Gasteiger partial charge in [0.15, 0.2) is 0 Å². The fraction of sp³-hybridized carbons (Fsp3) is 0.647. The van der Waals surface area contributed by atoms with Crippen LogP contribution in [0.15, 0.2) is 24.3 Å². The van der Waals surface area contributed by atoms with Gasteiger partial charge in [0.05, 0.1) is 13.2 Å². The van der Waals surface area contributed by atoms with E-state index in [1.54, 1.807) is 0 Å². The number of anilines is 1. The summed E-state index contributed by atoms with van der Waals surface area (Å²) in [5.41, 5.74) is 2.87. The molecule has 3 rings (SSSR count). The van der Waals surface area contributed by atoms with Crippen LogP contribution in [-0.4, -0.2) is 62.3 Å². The maximum absolute atomic E-state index is 5.39. The molecule has 2 aliphatic rings. The normalized spacial score (nSPS) is 20.7. The third-order valence-electron chi connectivity index (χ3n) is 4.36. The van der Waals surface area contributed by atoms with Crippen LogP contribution in [0.25, 0.3) is 0 Å². The molecular formula is C17H26N2OS. The van der Waals surface area contributed by atoms with Gasteiger partial charge in [-0.3, -0.25) is 4.90 Å². The molecule has 1 aromatic carbocycles. The van der Waals surface area contributed by atoms with Gasteiger partial charge in [0.25, 0.3) is 0 Å². The van der Waals surface area contributed by atoms with Gasteiger partial charge in [-0.2, -0.15) is 11.8 Å². The number of morpholine rings is 1. The van der Waals surface area contributed by atoms with Gasteiger partial charge in [-0.1, -0.05) is 12.1 Å². The molecule has 2 heterocycles. The number of thioether (sulfide) groups is 1. The van der Waals surface area contributed by atoms with Crippen molar-refractivity contribution in [1.29, 1.82) is 0 Å². The van der Waals surface area contributed by atoms with Gasteiger partial charge < -0.3 is 9.64 Å². The topological polar surface area (TPSA) is 15.7 Å². The molecule has 0 unspecified atom stereocenters. The molecule has 0 radical (unpaired) electrons. The highest BCUT2D eigenvalue weighted by molar-refractivity contribution is 7.99. The summed E-state index contributed by atoms with van der Waals surface area (Å²) in [4.78, 5) is 5.03. The second-order valence-electron chi connectivity index (χ2n) is 5.82. The van der Waals surface area contributed by atoms with Crippen LogP contribution in [0.2, 0.25) is 0 Å². The van der Waals surface area contributed by atoms with E-state index in [4.69, 9.17) is 4.74 Å².